The Morgan fingerprint density at radius 3 is 2.24 bits per heavy atom. The van der Waals surface area contributed by atoms with E-state index in [1.807, 2.05) is 16.5 Å². The lowest BCUT2D eigenvalue weighted by Gasteiger charge is -2.44. The maximum atomic E-state index is 13.5. The summed E-state index contributed by atoms with van der Waals surface area (Å²) in [5.74, 6) is 0.219. The van der Waals surface area contributed by atoms with E-state index in [2.05, 4.69) is 87.7 Å². The third-order valence-electron chi connectivity index (χ3n) is 8.89. The summed E-state index contributed by atoms with van der Waals surface area (Å²) in [4.78, 5) is 35.1. The number of aromatic nitrogens is 2. The number of halogens is 1. The van der Waals surface area contributed by atoms with E-state index < -0.39 is 8.32 Å². The van der Waals surface area contributed by atoms with Gasteiger partial charge in [-0.25, -0.2) is 4.98 Å². The smallest absolute Gasteiger partial charge is 0.290 e. The van der Waals surface area contributed by atoms with Crippen LogP contribution in [0.1, 0.15) is 83.4 Å². The predicted octanol–water partition coefficient (Wildman–Crippen LogP) is 6.25. The van der Waals surface area contributed by atoms with E-state index >= 15 is 0 Å². The lowest BCUT2D eigenvalue weighted by molar-refractivity contribution is -0.138. The van der Waals surface area contributed by atoms with E-state index in [0.717, 1.165) is 41.2 Å². The van der Waals surface area contributed by atoms with Crippen molar-refractivity contribution < 1.29 is 14.0 Å². The Morgan fingerprint density at radius 1 is 1.05 bits per heavy atom. The van der Waals surface area contributed by atoms with Crippen LogP contribution in [-0.4, -0.2) is 71.3 Å². The second kappa shape index (κ2) is 10.4. The fourth-order valence-electron chi connectivity index (χ4n) is 5.33. The number of nitrogens with zero attached hydrogens (tertiary/aromatic N) is 4. The van der Waals surface area contributed by atoms with Crippen LogP contribution in [0.4, 0.5) is 0 Å². The SMILES string of the molecule is Cn1c(C(=O)N2CCN([C@H]3CC[C@H](O[Si](C)(C)C(C)(C)C)CC3)C(=O)C2)nc2c(Br)cc(C(C)(C)C)cc21. The first kappa shape index (κ1) is 29.3. The minimum absolute atomic E-state index is 0.0239. The summed E-state index contributed by atoms with van der Waals surface area (Å²) in [7, 11) is 0.0883. The highest BCUT2D eigenvalue weighted by Gasteiger charge is 2.41. The van der Waals surface area contributed by atoms with Gasteiger partial charge in [-0.05, 0) is 82.9 Å². The quantitative estimate of drug-likeness (QED) is 0.387. The van der Waals surface area contributed by atoms with Gasteiger partial charge in [0.15, 0.2) is 14.1 Å². The van der Waals surface area contributed by atoms with Crippen molar-refractivity contribution in [2.75, 3.05) is 19.6 Å². The molecule has 7 nitrogen and oxygen atoms in total. The van der Waals surface area contributed by atoms with Crippen LogP contribution in [-0.2, 0) is 21.7 Å². The fraction of sp³-hybridized carbons (Fsp3) is 0.690. The van der Waals surface area contributed by atoms with Crippen LogP contribution in [0.15, 0.2) is 16.6 Å². The average Bonchev–Trinajstić information content (AvgIpc) is 3.15. The van der Waals surface area contributed by atoms with Gasteiger partial charge in [-0.2, -0.15) is 0 Å². The van der Waals surface area contributed by atoms with Gasteiger partial charge in [0.1, 0.15) is 12.1 Å². The number of fused-ring (bicyclic) bond motifs is 1. The number of amides is 2. The molecule has 9 heteroatoms. The molecule has 210 valence electrons. The second-order valence-electron chi connectivity index (χ2n) is 13.7. The van der Waals surface area contributed by atoms with E-state index in [4.69, 9.17) is 4.43 Å². The van der Waals surface area contributed by atoms with Crippen molar-refractivity contribution in [3.63, 3.8) is 0 Å². The number of benzene rings is 1. The molecule has 0 N–H and O–H groups in total. The highest BCUT2D eigenvalue weighted by atomic mass is 79.9. The molecule has 1 aromatic carbocycles. The van der Waals surface area contributed by atoms with E-state index in [0.29, 0.717) is 25.0 Å². The van der Waals surface area contributed by atoms with Gasteiger partial charge in [-0.3, -0.25) is 9.59 Å². The Balaban J connectivity index is 1.40. The lowest BCUT2D eigenvalue weighted by atomic mass is 9.87. The highest BCUT2D eigenvalue weighted by Crippen LogP contribution is 2.39. The zero-order chi connectivity index (χ0) is 28.2. The third-order valence-corrected chi connectivity index (χ3v) is 14.0. The van der Waals surface area contributed by atoms with Gasteiger partial charge in [-0.1, -0.05) is 41.5 Å². The molecule has 2 fully saturated rings. The highest BCUT2D eigenvalue weighted by molar-refractivity contribution is 9.10. The van der Waals surface area contributed by atoms with Gasteiger partial charge in [0.2, 0.25) is 5.91 Å². The van der Waals surface area contributed by atoms with Gasteiger partial charge in [0, 0.05) is 36.8 Å². The summed E-state index contributed by atoms with van der Waals surface area (Å²) in [6, 6.07) is 4.43. The van der Waals surface area contributed by atoms with Crippen molar-refractivity contribution in [1.29, 1.82) is 0 Å². The summed E-state index contributed by atoms with van der Waals surface area (Å²) < 4.78 is 9.38. The molecule has 0 bridgehead atoms. The number of piperazine rings is 1. The van der Waals surface area contributed by atoms with E-state index in [-0.39, 0.29) is 34.9 Å². The average molecular weight is 606 g/mol. The van der Waals surface area contributed by atoms with Crippen molar-refractivity contribution in [1.82, 2.24) is 19.4 Å². The molecule has 0 unspecified atom stereocenters. The van der Waals surface area contributed by atoms with Crippen LogP contribution in [0.2, 0.25) is 18.1 Å². The van der Waals surface area contributed by atoms with Gasteiger partial charge < -0.3 is 18.8 Å². The molecule has 0 atom stereocenters. The molecule has 1 saturated heterocycles. The number of imidazole rings is 1. The molecular weight excluding hydrogens is 560 g/mol. The number of rotatable bonds is 4. The Bertz CT molecular complexity index is 1220. The third kappa shape index (κ3) is 5.75. The van der Waals surface area contributed by atoms with Gasteiger partial charge in [-0.15, -0.1) is 0 Å². The second-order valence-corrected chi connectivity index (χ2v) is 19.3. The van der Waals surface area contributed by atoms with Crippen molar-refractivity contribution >= 4 is 47.1 Å². The minimum atomic E-state index is -1.79. The first-order chi connectivity index (χ1) is 17.5. The molecule has 2 amide bonds. The van der Waals surface area contributed by atoms with E-state index in [1.165, 1.54) is 5.56 Å². The molecule has 1 aromatic heterocycles. The zero-order valence-corrected chi connectivity index (χ0v) is 27.2. The molecule has 1 aliphatic carbocycles. The predicted molar refractivity (Wildman–Crippen MR) is 159 cm³/mol. The van der Waals surface area contributed by atoms with Crippen LogP contribution in [0.25, 0.3) is 11.0 Å². The standard InChI is InChI=1S/C29H45BrN4O3Si/c1-28(2,3)19-16-22(30)25-23(17-19)32(7)26(31-25)27(36)33-14-15-34(24(35)18-33)20-10-12-21(13-11-20)37-38(8,9)29(4,5)6/h16-17,20-21H,10-15,18H2,1-9H3/t20-,21-. The number of carbonyl (C=O) groups excluding carboxylic acids is 2. The number of carbonyl (C=O) groups is 2. The molecule has 0 spiro atoms. The van der Waals surface area contributed by atoms with Crippen molar-refractivity contribution in [2.24, 2.45) is 7.05 Å². The number of hydrogen-bond acceptors (Lipinski definition) is 4. The summed E-state index contributed by atoms with van der Waals surface area (Å²) in [6.45, 7) is 19.2. The molecule has 2 heterocycles. The molecule has 2 aromatic rings. The van der Waals surface area contributed by atoms with Crippen molar-refractivity contribution in [3.8, 4) is 0 Å². The van der Waals surface area contributed by atoms with Gasteiger partial charge in [0.05, 0.1) is 5.52 Å². The van der Waals surface area contributed by atoms with Crippen LogP contribution in [0.3, 0.4) is 0 Å². The summed E-state index contributed by atoms with van der Waals surface area (Å²) >= 11 is 3.66. The van der Waals surface area contributed by atoms with E-state index in [1.54, 1.807) is 4.90 Å². The molecule has 38 heavy (non-hydrogen) atoms. The zero-order valence-electron chi connectivity index (χ0n) is 24.7. The maximum Gasteiger partial charge on any atom is 0.290 e. The topological polar surface area (TPSA) is 67.7 Å². The summed E-state index contributed by atoms with van der Waals surface area (Å²) in [6.07, 6.45) is 4.21. The van der Waals surface area contributed by atoms with Crippen molar-refractivity contribution in [3.05, 3.63) is 28.0 Å². The first-order valence-electron chi connectivity index (χ1n) is 13.9. The molecule has 4 rings (SSSR count). The Morgan fingerprint density at radius 2 is 1.68 bits per heavy atom. The number of aryl methyl sites for hydroxylation is 1. The first-order valence-corrected chi connectivity index (χ1v) is 17.6. The van der Waals surface area contributed by atoms with Crippen LogP contribution in [0, 0.1) is 0 Å². The summed E-state index contributed by atoms with van der Waals surface area (Å²) in [5.41, 5.74) is 2.83. The molecule has 2 aliphatic rings. The summed E-state index contributed by atoms with van der Waals surface area (Å²) in [5, 5.41) is 0.201. The number of hydrogen-bond donors (Lipinski definition) is 0. The Labute approximate surface area is 237 Å². The molecular formula is C29H45BrN4O3Si. The molecule has 1 saturated carbocycles. The monoisotopic (exact) mass is 604 g/mol. The largest absolute Gasteiger partial charge is 0.414 e. The molecule has 1 aliphatic heterocycles. The van der Waals surface area contributed by atoms with Crippen molar-refractivity contribution in [2.45, 2.75) is 103 Å². The van der Waals surface area contributed by atoms with E-state index in [9.17, 15) is 9.59 Å². The van der Waals surface area contributed by atoms with Crippen LogP contribution < -0.4 is 0 Å². The van der Waals surface area contributed by atoms with Crippen LogP contribution in [0.5, 0.6) is 0 Å². The van der Waals surface area contributed by atoms with Crippen LogP contribution >= 0.6 is 15.9 Å². The molecule has 0 radical (unpaired) electrons. The van der Waals surface area contributed by atoms with Gasteiger partial charge in [0.25, 0.3) is 5.91 Å². The van der Waals surface area contributed by atoms with Gasteiger partial charge >= 0.3 is 0 Å². The minimum Gasteiger partial charge on any atom is -0.414 e. The maximum absolute atomic E-state index is 13.5. The Hall–Kier alpha value is -1.71. The normalized spacial score (nSPS) is 21.9. The fourth-order valence-corrected chi connectivity index (χ4v) is 7.29. The lowest BCUT2D eigenvalue weighted by Crippen LogP contribution is -2.56. The Kier molecular flexibility index (Phi) is 7.98.